The molecule has 0 atom stereocenters. The average molecular weight is 331 g/mol. The molecule has 4 heteroatoms. The third-order valence-electron chi connectivity index (χ3n) is 4.02. The predicted octanol–water partition coefficient (Wildman–Crippen LogP) is 4.09. The molecule has 0 spiro atoms. The molecule has 126 valence electrons. The molecule has 1 heterocycles. The second-order valence-electron chi connectivity index (χ2n) is 5.90. The van der Waals surface area contributed by atoms with Gasteiger partial charge < -0.3 is 10.2 Å². The van der Waals surface area contributed by atoms with Crippen LogP contribution in [0, 0.1) is 0 Å². The molecule has 4 nitrogen and oxygen atoms in total. The maximum Gasteiger partial charge on any atom is 0.317 e. The van der Waals surface area contributed by atoms with E-state index in [2.05, 4.69) is 34.6 Å². The van der Waals surface area contributed by atoms with Gasteiger partial charge in [0.2, 0.25) is 0 Å². The molecule has 1 N–H and O–H groups in total. The average Bonchev–Trinajstić information content (AvgIpc) is 2.68. The van der Waals surface area contributed by atoms with Crippen LogP contribution < -0.4 is 5.32 Å². The molecule has 0 aliphatic carbocycles. The van der Waals surface area contributed by atoms with Crippen LogP contribution in [0.2, 0.25) is 0 Å². The Bertz CT molecular complexity index is 819. The van der Waals surface area contributed by atoms with Gasteiger partial charge in [-0.1, -0.05) is 60.7 Å². The molecule has 0 radical (unpaired) electrons. The van der Waals surface area contributed by atoms with Gasteiger partial charge in [0, 0.05) is 32.5 Å². The fraction of sp³-hybridized carbons (Fsp3) is 0.143. The van der Waals surface area contributed by atoms with Gasteiger partial charge in [-0.15, -0.1) is 0 Å². The lowest BCUT2D eigenvalue weighted by atomic mass is 9.99. The lowest BCUT2D eigenvalue weighted by molar-refractivity contribution is 0.206. The number of nitrogens with zero attached hydrogens (tertiary/aromatic N) is 2. The zero-order valence-electron chi connectivity index (χ0n) is 14.2. The quantitative estimate of drug-likeness (QED) is 0.765. The van der Waals surface area contributed by atoms with Crippen LogP contribution in [0.3, 0.4) is 0 Å². The summed E-state index contributed by atoms with van der Waals surface area (Å²) in [6, 6.07) is 22.1. The molecule has 3 aromatic rings. The number of urea groups is 1. The van der Waals surface area contributed by atoms with Gasteiger partial charge in [-0.25, -0.2) is 4.79 Å². The van der Waals surface area contributed by atoms with E-state index in [1.165, 1.54) is 0 Å². The van der Waals surface area contributed by atoms with Crippen LogP contribution in [-0.2, 0) is 13.1 Å². The van der Waals surface area contributed by atoms with Crippen molar-refractivity contribution in [2.75, 3.05) is 7.05 Å². The fourth-order valence-corrected chi connectivity index (χ4v) is 2.70. The molecule has 0 aliphatic heterocycles. The Morgan fingerprint density at radius 3 is 2.52 bits per heavy atom. The summed E-state index contributed by atoms with van der Waals surface area (Å²) < 4.78 is 0. The number of carbonyl (C=O) groups excluding carboxylic acids is 1. The van der Waals surface area contributed by atoms with Crippen molar-refractivity contribution in [3.8, 4) is 11.1 Å². The molecular weight excluding hydrogens is 310 g/mol. The Kier molecular flexibility index (Phi) is 5.42. The second kappa shape index (κ2) is 8.11. The number of carbonyl (C=O) groups is 1. The maximum absolute atomic E-state index is 12.4. The Hall–Kier alpha value is -3.14. The van der Waals surface area contributed by atoms with Gasteiger partial charge in [0.1, 0.15) is 0 Å². The molecule has 0 saturated heterocycles. The Labute approximate surface area is 148 Å². The SMILES string of the molecule is CN(Cc1ccccc1-c1ccccc1)C(=O)NCc1cccnc1. The summed E-state index contributed by atoms with van der Waals surface area (Å²) in [5.74, 6) is 0. The highest BCUT2D eigenvalue weighted by atomic mass is 16.2. The van der Waals surface area contributed by atoms with E-state index in [4.69, 9.17) is 0 Å². The summed E-state index contributed by atoms with van der Waals surface area (Å²) in [7, 11) is 1.81. The third-order valence-corrected chi connectivity index (χ3v) is 4.02. The first-order valence-corrected chi connectivity index (χ1v) is 8.25. The first kappa shape index (κ1) is 16.7. The van der Waals surface area contributed by atoms with Gasteiger partial charge in [0.05, 0.1) is 0 Å². The van der Waals surface area contributed by atoms with Gasteiger partial charge >= 0.3 is 6.03 Å². The van der Waals surface area contributed by atoms with E-state index in [0.717, 1.165) is 22.3 Å². The molecule has 2 aromatic carbocycles. The Morgan fingerprint density at radius 2 is 1.76 bits per heavy atom. The number of benzene rings is 2. The molecule has 0 aliphatic rings. The van der Waals surface area contributed by atoms with Crippen LogP contribution in [0.4, 0.5) is 4.79 Å². The summed E-state index contributed by atoms with van der Waals surface area (Å²) in [6.07, 6.45) is 3.48. The zero-order valence-corrected chi connectivity index (χ0v) is 14.2. The van der Waals surface area contributed by atoms with Crippen molar-refractivity contribution in [3.05, 3.63) is 90.3 Å². The molecular formula is C21H21N3O. The minimum atomic E-state index is -0.105. The summed E-state index contributed by atoms with van der Waals surface area (Å²) >= 11 is 0. The van der Waals surface area contributed by atoms with Crippen molar-refractivity contribution >= 4 is 6.03 Å². The highest BCUT2D eigenvalue weighted by molar-refractivity contribution is 5.74. The smallest absolute Gasteiger partial charge is 0.317 e. The molecule has 0 fully saturated rings. The number of amides is 2. The summed E-state index contributed by atoms with van der Waals surface area (Å²) in [4.78, 5) is 18.1. The highest BCUT2D eigenvalue weighted by Crippen LogP contribution is 2.24. The molecule has 25 heavy (non-hydrogen) atoms. The number of rotatable bonds is 5. The van der Waals surface area contributed by atoms with E-state index < -0.39 is 0 Å². The standard InChI is InChI=1S/C21H21N3O/c1-24(21(25)23-15-17-8-7-13-22-14-17)16-19-11-5-6-12-20(19)18-9-3-2-4-10-18/h2-14H,15-16H2,1H3,(H,23,25). The summed E-state index contributed by atoms with van der Waals surface area (Å²) in [5, 5.41) is 2.93. The van der Waals surface area contributed by atoms with Crippen LogP contribution >= 0.6 is 0 Å². The minimum Gasteiger partial charge on any atom is -0.334 e. The first-order valence-electron chi connectivity index (χ1n) is 8.25. The van der Waals surface area contributed by atoms with Crippen molar-refractivity contribution in [2.45, 2.75) is 13.1 Å². The summed E-state index contributed by atoms with van der Waals surface area (Å²) in [5.41, 5.74) is 4.40. The molecule has 3 rings (SSSR count). The predicted molar refractivity (Wildman–Crippen MR) is 99.8 cm³/mol. The van der Waals surface area contributed by atoms with E-state index in [9.17, 15) is 4.79 Å². The monoisotopic (exact) mass is 331 g/mol. The molecule has 1 aromatic heterocycles. The molecule has 0 unspecified atom stereocenters. The van der Waals surface area contributed by atoms with Gasteiger partial charge in [-0.2, -0.15) is 0 Å². The maximum atomic E-state index is 12.4. The van der Waals surface area contributed by atoms with E-state index in [1.807, 2.05) is 42.5 Å². The van der Waals surface area contributed by atoms with Gasteiger partial charge in [0.25, 0.3) is 0 Å². The topological polar surface area (TPSA) is 45.2 Å². The third kappa shape index (κ3) is 4.44. The normalized spacial score (nSPS) is 10.3. The lowest BCUT2D eigenvalue weighted by Crippen LogP contribution is -2.36. The van der Waals surface area contributed by atoms with Gasteiger partial charge in [-0.3, -0.25) is 4.98 Å². The van der Waals surface area contributed by atoms with Crippen molar-refractivity contribution in [1.82, 2.24) is 15.2 Å². The van der Waals surface area contributed by atoms with Crippen LogP contribution in [0.5, 0.6) is 0 Å². The van der Waals surface area contributed by atoms with Gasteiger partial charge in [0.15, 0.2) is 0 Å². The molecule has 0 bridgehead atoms. The number of pyridine rings is 1. The number of hydrogen-bond acceptors (Lipinski definition) is 2. The number of nitrogens with one attached hydrogen (secondary N) is 1. The molecule has 2 amide bonds. The number of aromatic nitrogens is 1. The first-order chi connectivity index (χ1) is 12.2. The minimum absolute atomic E-state index is 0.105. The van der Waals surface area contributed by atoms with Crippen molar-refractivity contribution < 1.29 is 4.79 Å². The van der Waals surface area contributed by atoms with E-state index in [0.29, 0.717) is 13.1 Å². The van der Waals surface area contributed by atoms with Gasteiger partial charge in [-0.05, 0) is 28.3 Å². The number of hydrogen-bond donors (Lipinski definition) is 1. The van der Waals surface area contributed by atoms with Crippen LogP contribution in [0.15, 0.2) is 79.1 Å². The van der Waals surface area contributed by atoms with Crippen molar-refractivity contribution in [2.24, 2.45) is 0 Å². The van der Waals surface area contributed by atoms with E-state index in [-0.39, 0.29) is 6.03 Å². The van der Waals surface area contributed by atoms with Crippen LogP contribution in [0.25, 0.3) is 11.1 Å². The Morgan fingerprint density at radius 1 is 1.00 bits per heavy atom. The zero-order chi connectivity index (χ0) is 17.5. The fourth-order valence-electron chi connectivity index (χ4n) is 2.70. The highest BCUT2D eigenvalue weighted by Gasteiger charge is 2.12. The van der Waals surface area contributed by atoms with E-state index >= 15 is 0 Å². The largest absolute Gasteiger partial charge is 0.334 e. The molecule has 0 saturated carbocycles. The second-order valence-corrected chi connectivity index (χ2v) is 5.90. The summed E-state index contributed by atoms with van der Waals surface area (Å²) in [6.45, 7) is 1.02. The Balaban J connectivity index is 1.67. The van der Waals surface area contributed by atoms with E-state index in [1.54, 1.807) is 24.3 Å². The van der Waals surface area contributed by atoms with Crippen LogP contribution in [0.1, 0.15) is 11.1 Å². The van der Waals surface area contributed by atoms with Crippen molar-refractivity contribution in [1.29, 1.82) is 0 Å². The van der Waals surface area contributed by atoms with Crippen LogP contribution in [-0.4, -0.2) is 23.0 Å². The lowest BCUT2D eigenvalue weighted by Gasteiger charge is -2.20. The van der Waals surface area contributed by atoms with Crippen molar-refractivity contribution in [3.63, 3.8) is 0 Å².